The SMILES string of the molecule is Cc1ncsc1C(=O)N1CCS[C@@H](c2ccccc2Cl)CC1. The van der Waals surface area contributed by atoms with E-state index in [1.54, 1.807) is 5.51 Å². The van der Waals surface area contributed by atoms with Crippen molar-refractivity contribution in [3.05, 3.63) is 50.9 Å². The molecule has 0 radical (unpaired) electrons. The Morgan fingerprint density at radius 2 is 2.18 bits per heavy atom. The van der Waals surface area contributed by atoms with E-state index in [1.165, 1.54) is 16.9 Å². The van der Waals surface area contributed by atoms with Crippen LogP contribution in [0.25, 0.3) is 0 Å². The van der Waals surface area contributed by atoms with Gasteiger partial charge in [0.05, 0.1) is 11.2 Å². The molecule has 1 aromatic heterocycles. The highest BCUT2D eigenvalue weighted by Crippen LogP contribution is 2.38. The molecule has 2 heterocycles. The summed E-state index contributed by atoms with van der Waals surface area (Å²) in [6.45, 7) is 3.43. The predicted molar refractivity (Wildman–Crippen MR) is 94.0 cm³/mol. The lowest BCUT2D eigenvalue weighted by Gasteiger charge is -2.20. The van der Waals surface area contributed by atoms with E-state index in [2.05, 4.69) is 11.1 Å². The van der Waals surface area contributed by atoms with Gasteiger partial charge in [-0.15, -0.1) is 11.3 Å². The Morgan fingerprint density at radius 3 is 2.91 bits per heavy atom. The molecule has 3 nitrogen and oxygen atoms in total. The molecular formula is C16H17ClN2OS2. The zero-order valence-corrected chi connectivity index (χ0v) is 14.7. The summed E-state index contributed by atoms with van der Waals surface area (Å²) in [5, 5.41) is 1.17. The smallest absolute Gasteiger partial charge is 0.265 e. The first kappa shape index (κ1) is 15.8. The molecule has 1 atom stereocenters. The van der Waals surface area contributed by atoms with Crippen molar-refractivity contribution >= 4 is 40.6 Å². The molecule has 1 fully saturated rings. The largest absolute Gasteiger partial charge is 0.337 e. The van der Waals surface area contributed by atoms with Crippen LogP contribution in [0, 0.1) is 6.92 Å². The fourth-order valence-electron chi connectivity index (χ4n) is 2.61. The second-order valence-electron chi connectivity index (χ2n) is 5.23. The summed E-state index contributed by atoms with van der Waals surface area (Å²) in [6.07, 6.45) is 0.929. The number of amides is 1. The van der Waals surface area contributed by atoms with E-state index < -0.39 is 0 Å². The molecule has 0 N–H and O–H groups in total. The third-order valence-electron chi connectivity index (χ3n) is 3.82. The highest BCUT2D eigenvalue weighted by atomic mass is 35.5. The fourth-order valence-corrected chi connectivity index (χ4v) is 4.98. The van der Waals surface area contributed by atoms with Crippen LogP contribution in [0.15, 0.2) is 29.8 Å². The molecule has 1 aromatic carbocycles. The van der Waals surface area contributed by atoms with Crippen LogP contribution in [0.4, 0.5) is 0 Å². The summed E-state index contributed by atoms with van der Waals surface area (Å²) in [4.78, 5) is 19.5. The van der Waals surface area contributed by atoms with Gasteiger partial charge in [-0.1, -0.05) is 29.8 Å². The molecule has 1 saturated heterocycles. The average molecular weight is 353 g/mol. The van der Waals surface area contributed by atoms with Crippen LogP contribution in [0.5, 0.6) is 0 Å². The van der Waals surface area contributed by atoms with Crippen LogP contribution < -0.4 is 0 Å². The molecule has 0 aliphatic carbocycles. The molecule has 0 bridgehead atoms. The highest BCUT2D eigenvalue weighted by molar-refractivity contribution is 7.99. The van der Waals surface area contributed by atoms with Gasteiger partial charge in [-0.25, -0.2) is 4.98 Å². The maximum absolute atomic E-state index is 12.6. The van der Waals surface area contributed by atoms with Crippen LogP contribution in [-0.4, -0.2) is 34.6 Å². The van der Waals surface area contributed by atoms with Crippen LogP contribution in [0.1, 0.15) is 32.6 Å². The van der Waals surface area contributed by atoms with Gasteiger partial charge in [0, 0.05) is 29.1 Å². The molecular weight excluding hydrogens is 336 g/mol. The molecule has 2 aromatic rings. The molecule has 1 amide bonds. The first-order valence-corrected chi connectivity index (χ1v) is 9.53. The van der Waals surface area contributed by atoms with E-state index in [1.807, 2.05) is 41.8 Å². The highest BCUT2D eigenvalue weighted by Gasteiger charge is 2.25. The summed E-state index contributed by atoms with van der Waals surface area (Å²) >= 11 is 9.62. The Kier molecular flexibility index (Phi) is 5.06. The van der Waals surface area contributed by atoms with Crippen LogP contribution in [0.3, 0.4) is 0 Å². The third kappa shape index (κ3) is 3.31. The number of aromatic nitrogens is 1. The number of hydrogen-bond donors (Lipinski definition) is 0. The standard InChI is InChI=1S/C16H17ClN2OS2/c1-11-15(22-10-18-11)16(20)19-7-6-14(21-9-8-19)12-4-2-3-5-13(12)17/h2-5,10,14H,6-9H2,1H3/t14-/m1/s1. The van der Waals surface area contributed by atoms with Crippen molar-refractivity contribution in [1.29, 1.82) is 0 Å². The molecule has 0 saturated carbocycles. The first-order valence-electron chi connectivity index (χ1n) is 7.22. The number of carbonyl (C=O) groups is 1. The second-order valence-corrected chi connectivity index (χ2v) is 7.80. The van der Waals surface area contributed by atoms with E-state index >= 15 is 0 Å². The normalized spacial score (nSPS) is 19.0. The fraction of sp³-hybridized carbons (Fsp3) is 0.375. The number of carbonyl (C=O) groups excluding carboxylic acids is 1. The molecule has 22 heavy (non-hydrogen) atoms. The van der Waals surface area contributed by atoms with Gasteiger partial charge in [0.1, 0.15) is 4.88 Å². The summed E-state index contributed by atoms with van der Waals surface area (Å²) in [5.74, 6) is 1.04. The van der Waals surface area contributed by atoms with Gasteiger partial charge in [-0.2, -0.15) is 11.8 Å². The summed E-state index contributed by atoms with van der Waals surface area (Å²) in [7, 11) is 0. The molecule has 6 heteroatoms. The van der Waals surface area contributed by atoms with Gasteiger partial charge in [0.15, 0.2) is 0 Å². The minimum atomic E-state index is 0.111. The molecule has 0 spiro atoms. The molecule has 0 unspecified atom stereocenters. The molecule has 1 aliphatic rings. The first-order chi connectivity index (χ1) is 10.7. The van der Waals surface area contributed by atoms with Crippen molar-refractivity contribution in [3.8, 4) is 0 Å². The number of hydrogen-bond acceptors (Lipinski definition) is 4. The minimum absolute atomic E-state index is 0.111. The lowest BCUT2D eigenvalue weighted by Crippen LogP contribution is -2.32. The van der Waals surface area contributed by atoms with Crippen LogP contribution in [-0.2, 0) is 0 Å². The lowest BCUT2D eigenvalue weighted by atomic mass is 10.1. The summed E-state index contributed by atoms with van der Waals surface area (Å²) in [5.41, 5.74) is 3.74. The Bertz CT molecular complexity index is 674. The van der Waals surface area contributed by atoms with Crippen molar-refractivity contribution in [2.24, 2.45) is 0 Å². The number of thiazole rings is 1. The van der Waals surface area contributed by atoms with E-state index in [0.717, 1.165) is 40.9 Å². The summed E-state index contributed by atoms with van der Waals surface area (Å²) < 4.78 is 0. The van der Waals surface area contributed by atoms with Gasteiger partial charge in [-0.3, -0.25) is 4.79 Å². The van der Waals surface area contributed by atoms with Crippen molar-refractivity contribution in [3.63, 3.8) is 0 Å². The minimum Gasteiger partial charge on any atom is -0.337 e. The zero-order valence-electron chi connectivity index (χ0n) is 12.3. The van der Waals surface area contributed by atoms with Crippen LogP contribution >= 0.6 is 34.7 Å². The number of rotatable bonds is 2. The topological polar surface area (TPSA) is 33.2 Å². The van der Waals surface area contributed by atoms with Gasteiger partial charge < -0.3 is 4.90 Å². The monoisotopic (exact) mass is 352 g/mol. The molecule has 3 rings (SSSR count). The number of nitrogens with zero attached hydrogens (tertiary/aromatic N) is 2. The van der Waals surface area contributed by atoms with Crippen molar-refractivity contribution in [2.75, 3.05) is 18.8 Å². The van der Waals surface area contributed by atoms with Crippen molar-refractivity contribution in [1.82, 2.24) is 9.88 Å². The van der Waals surface area contributed by atoms with Gasteiger partial charge in [-0.05, 0) is 25.0 Å². The second kappa shape index (κ2) is 7.02. The van der Waals surface area contributed by atoms with Gasteiger partial charge in [0.2, 0.25) is 0 Å². The number of halogens is 1. The van der Waals surface area contributed by atoms with Gasteiger partial charge in [0.25, 0.3) is 5.91 Å². The van der Waals surface area contributed by atoms with Gasteiger partial charge >= 0.3 is 0 Å². The maximum atomic E-state index is 12.6. The quantitative estimate of drug-likeness (QED) is 0.801. The van der Waals surface area contributed by atoms with E-state index in [9.17, 15) is 4.79 Å². The number of benzene rings is 1. The number of thioether (sulfide) groups is 1. The lowest BCUT2D eigenvalue weighted by molar-refractivity contribution is 0.0770. The van der Waals surface area contributed by atoms with E-state index in [-0.39, 0.29) is 5.91 Å². The maximum Gasteiger partial charge on any atom is 0.265 e. The third-order valence-corrected chi connectivity index (χ3v) is 6.39. The Labute approximate surface area is 143 Å². The molecule has 116 valence electrons. The average Bonchev–Trinajstić information content (AvgIpc) is 2.80. The van der Waals surface area contributed by atoms with Crippen molar-refractivity contribution < 1.29 is 4.79 Å². The van der Waals surface area contributed by atoms with E-state index in [0.29, 0.717) is 5.25 Å². The molecule has 1 aliphatic heterocycles. The number of aryl methyl sites for hydroxylation is 1. The predicted octanol–water partition coefficient (Wildman–Crippen LogP) is 4.43. The Hall–Kier alpha value is -1.04. The van der Waals surface area contributed by atoms with E-state index in [4.69, 9.17) is 11.6 Å². The van der Waals surface area contributed by atoms with Crippen molar-refractivity contribution in [2.45, 2.75) is 18.6 Å². The Morgan fingerprint density at radius 1 is 1.36 bits per heavy atom. The summed E-state index contributed by atoms with van der Waals surface area (Å²) in [6, 6.07) is 8.00. The Balaban J connectivity index is 1.72. The zero-order chi connectivity index (χ0) is 15.5. The van der Waals surface area contributed by atoms with Crippen LogP contribution in [0.2, 0.25) is 5.02 Å².